The minimum absolute atomic E-state index is 0. The van der Waals surface area contributed by atoms with Crippen LogP contribution in [0.2, 0.25) is 5.02 Å². The van der Waals surface area contributed by atoms with Crippen LogP contribution in [0.5, 0.6) is 28.7 Å². The lowest BCUT2D eigenvalue weighted by atomic mass is 10.1. The van der Waals surface area contributed by atoms with Gasteiger partial charge in [-0.3, -0.25) is 20.2 Å². The number of nitro benzene ring substituents is 2. The highest BCUT2D eigenvalue weighted by Gasteiger charge is 2.16. The van der Waals surface area contributed by atoms with Gasteiger partial charge in [0, 0.05) is 24.3 Å². The molecule has 0 spiro atoms. The van der Waals surface area contributed by atoms with Crippen molar-refractivity contribution in [3.63, 3.8) is 0 Å². The summed E-state index contributed by atoms with van der Waals surface area (Å²) >= 11 is 5.72. The van der Waals surface area contributed by atoms with E-state index >= 15 is 0 Å². The Balaban J connectivity index is -0.000000122. The number of methoxy groups -OCH3 is 2. The maximum absolute atomic E-state index is 10.8. The van der Waals surface area contributed by atoms with Crippen LogP contribution in [0.3, 0.4) is 0 Å². The minimum Gasteiger partial charge on any atom is -0.508 e. The van der Waals surface area contributed by atoms with Crippen LogP contribution in [0.1, 0.15) is 127 Å². The largest absolute Gasteiger partial charge is 0.508 e. The standard InChI is InChI=1S/C15H12N2O4.C8H5ClN2O2.C7H8O2.7C2H6.CH4/c1-10-7-12(17(18)19)8-11(9-16)15(10)21-14-5-3-13(20-2)4-6-14;1-5-2-7(11(12)13)3-6(4-10)8(5)9;1-9-7-4-2-6(8)3-5-7;7*1-2;/h3-8H,1-2H3;2-3H,1H3;2-5,8H,1H3;7*1-2H3;1H4. The zero-order chi connectivity index (χ0) is 46.1. The van der Waals surface area contributed by atoms with Gasteiger partial charge in [-0.2, -0.15) is 10.5 Å². The Labute approximate surface area is 355 Å². The number of phenols is 1. The molecule has 4 rings (SSSR count). The SMILES string of the molecule is C.CC.CC.CC.CC.CC.CC.CC.COc1ccc(O)cc1.COc1ccc(Oc2c(C)cc([N+](=O)[O-])cc2C#N)cc1.Cc1cc([N+](=O)[O-])cc(C#N)c1Cl. The fourth-order valence-corrected chi connectivity index (χ4v) is 3.51. The molecule has 0 aliphatic rings. The first-order chi connectivity index (χ1) is 27.4. The van der Waals surface area contributed by atoms with Gasteiger partial charge in [0.2, 0.25) is 0 Å². The summed E-state index contributed by atoms with van der Waals surface area (Å²) in [5.74, 6) is 2.53. The smallest absolute Gasteiger partial charge is 0.271 e. The fourth-order valence-electron chi connectivity index (χ4n) is 3.36. The van der Waals surface area contributed by atoms with E-state index in [0.717, 1.165) is 11.8 Å². The normalized spacial score (nSPS) is 7.74. The molecule has 326 valence electrons. The van der Waals surface area contributed by atoms with E-state index in [1.54, 1.807) is 82.7 Å². The Morgan fingerprint density at radius 2 is 0.879 bits per heavy atom. The van der Waals surface area contributed by atoms with Gasteiger partial charge in [-0.25, -0.2) is 0 Å². The number of hydrogen-bond donors (Lipinski definition) is 1. The summed E-state index contributed by atoms with van der Waals surface area (Å²) in [4.78, 5) is 20.1. The van der Waals surface area contributed by atoms with E-state index < -0.39 is 9.85 Å². The zero-order valence-corrected chi connectivity index (χ0v) is 38.2. The number of non-ortho nitro benzene ring substituents is 2. The van der Waals surface area contributed by atoms with E-state index in [4.69, 9.17) is 41.4 Å². The second-order valence-electron chi connectivity index (χ2n) is 8.48. The minimum atomic E-state index is -0.551. The molecule has 0 saturated carbocycles. The molecule has 4 aromatic carbocycles. The van der Waals surface area contributed by atoms with Crippen LogP contribution in [0.4, 0.5) is 11.4 Å². The quantitative estimate of drug-likeness (QED) is 0.145. The molecular weight excluding hydrogens is 760 g/mol. The maximum atomic E-state index is 10.8. The van der Waals surface area contributed by atoms with Gasteiger partial charge in [-0.1, -0.05) is 116 Å². The third kappa shape index (κ3) is 27.7. The number of aromatic hydroxyl groups is 1. The van der Waals surface area contributed by atoms with E-state index in [1.165, 1.54) is 18.2 Å². The molecule has 4 aromatic rings. The molecule has 0 amide bonds. The number of benzene rings is 4. The summed E-state index contributed by atoms with van der Waals surface area (Å²) < 4.78 is 15.6. The highest BCUT2D eigenvalue weighted by molar-refractivity contribution is 6.32. The number of nitro groups is 2. The van der Waals surface area contributed by atoms with Crippen LogP contribution < -0.4 is 14.2 Å². The fraction of sp³-hybridized carbons (Fsp3) is 0.422. The second-order valence-corrected chi connectivity index (χ2v) is 8.85. The summed E-state index contributed by atoms with van der Waals surface area (Å²) in [7, 11) is 3.15. The van der Waals surface area contributed by atoms with Gasteiger partial charge in [0.05, 0.1) is 34.7 Å². The van der Waals surface area contributed by atoms with Crippen molar-refractivity contribution < 1.29 is 29.2 Å². The van der Waals surface area contributed by atoms with Gasteiger partial charge in [0.1, 0.15) is 46.4 Å². The van der Waals surface area contributed by atoms with Gasteiger partial charge >= 0.3 is 0 Å². The third-order valence-corrected chi connectivity index (χ3v) is 6.01. The average Bonchev–Trinajstić information content (AvgIpc) is 3.28. The second kappa shape index (κ2) is 45.5. The molecule has 0 radical (unpaired) electrons. The van der Waals surface area contributed by atoms with E-state index in [9.17, 15) is 20.2 Å². The van der Waals surface area contributed by atoms with Crippen LogP contribution >= 0.6 is 11.6 Å². The molecule has 0 heterocycles. The third-order valence-electron chi connectivity index (χ3n) is 5.51. The number of rotatable bonds is 6. The number of ether oxygens (including phenoxy) is 3. The summed E-state index contributed by atoms with van der Waals surface area (Å²) in [6, 6.07) is 22.2. The van der Waals surface area contributed by atoms with E-state index in [0.29, 0.717) is 28.4 Å². The number of hydrogen-bond acceptors (Lipinski definition) is 10. The lowest BCUT2D eigenvalue weighted by Gasteiger charge is -2.10. The Morgan fingerprint density at radius 3 is 1.21 bits per heavy atom. The van der Waals surface area contributed by atoms with Crippen LogP contribution in [0, 0.1) is 56.7 Å². The molecule has 0 aliphatic heterocycles. The molecule has 0 fully saturated rings. The Hall–Kier alpha value is -5.85. The molecule has 0 atom stereocenters. The Kier molecular flexibility index (Phi) is 52.6. The lowest BCUT2D eigenvalue weighted by molar-refractivity contribution is -0.385. The van der Waals surface area contributed by atoms with Gasteiger partial charge in [-0.15, -0.1) is 0 Å². The van der Waals surface area contributed by atoms with Crippen LogP contribution in [0.15, 0.2) is 72.8 Å². The first kappa shape index (κ1) is 66.9. The van der Waals surface area contributed by atoms with Crippen molar-refractivity contribution in [2.24, 2.45) is 0 Å². The first-order valence-electron chi connectivity index (χ1n) is 19.1. The maximum Gasteiger partial charge on any atom is 0.271 e. The van der Waals surface area contributed by atoms with Crippen LogP contribution in [-0.4, -0.2) is 29.2 Å². The van der Waals surface area contributed by atoms with E-state index in [-0.39, 0.29) is 40.7 Å². The Bertz CT molecular complexity index is 1690. The van der Waals surface area contributed by atoms with Crippen molar-refractivity contribution >= 4 is 23.0 Å². The van der Waals surface area contributed by atoms with Gasteiger partial charge in [0.15, 0.2) is 0 Å². The molecule has 1 N–H and O–H groups in total. The zero-order valence-electron chi connectivity index (χ0n) is 37.4. The molecule has 12 nitrogen and oxygen atoms in total. The van der Waals surface area contributed by atoms with Gasteiger partial charge < -0.3 is 19.3 Å². The van der Waals surface area contributed by atoms with Gasteiger partial charge in [-0.05, 0) is 73.5 Å². The van der Waals surface area contributed by atoms with Crippen LogP contribution in [0.25, 0.3) is 0 Å². The van der Waals surface area contributed by atoms with Crippen molar-refractivity contribution in [2.45, 2.75) is 118 Å². The highest BCUT2D eigenvalue weighted by atomic mass is 35.5. The number of halogens is 1. The van der Waals surface area contributed by atoms with Crippen molar-refractivity contribution in [1.29, 1.82) is 10.5 Å². The number of nitrogens with zero attached hydrogens (tertiary/aromatic N) is 4. The van der Waals surface area contributed by atoms with E-state index in [1.807, 2.05) is 103 Å². The summed E-state index contributed by atoms with van der Waals surface area (Å²) in [5.41, 5.74) is 1.07. The van der Waals surface area contributed by atoms with Crippen molar-refractivity contribution in [3.8, 4) is 40.9 Å². The van der Waals surface area contributed by atoms with Crippen molar-refractivity contribution in [1.82, 2.24) is 0 Å². The molecule has 0 aliphatic carbocycles. The molecule has 0 saturated heterocycles. The summed E-state index contributed by atoms with van der Waals surface area (Å²) in [5, 5.41) is 48.0. The monoisotopic (exact) mass is 830 g/mol. The topological polar surface area (TPSA) is 182 Å². The summed E-state index contributed by atoms with van der Waals surface area (Å²) in [6.45, 7) is 31.3. The number of nitriles is 2. The molecule has 58 heavy (non-hydrogen) atoms. The highest BCUT2D eigenvalue weighted by Crippen LogP contribution is 2.33. The molecule has 0 aromatic heterocycles. The van der Waals surface area contributed by atoms with Crippen molar-refractivity contribution in [3.05, 3.63) is 120 Å². The number of aryl methyl sites for hydroxylation is 2. The molecule has 0 bridgehead atoms. The first-order valence-corrected chi connectivity index (χ1v) is 19.5. The molecule has 0 unspecified atom stereocenters. The summed E-state index contributed by atoms with van der Waals surface area (Å²) in [6.07, 6.45) is 0. The Morgan fingerprint density at radius 1 is 0.569 bits per heavy atom. The lowest BCUT2D eigenvalue weighted by Crippen LogP contribution is -1.96. The van der Waals surface area contributed by atoms with Crippen molar-refractivity contribution in [2.75, 3.05) is 14.2 Å². The average molecular weight is 832 g/mol. The predicted molar refractivity (Wildman–Crippen MR) is 244 cm³/mol. The molecular formula is C45H71ClN4O8. The van der Waals surface area contributed by atoms with E-state index in [2.05, 4.69) is 0 Å². The van der Waals surface area contributed by atoms with Gasteiger partial charge in [0.25, 0.3) is 11.4 Å². The number of phenolic OH excluding ortho intramolecular Hbond substituents is 1. The predicted octanol–water partition coefficient (Wildman–Crippen LogP) is 15.2. The molecule has 13 heteroatoms. The van der Waals surface area contributed by atoms with Crippen LogP contribution in [-0.2, 0) is 0 Å².